The Kier molecular flexibility index (Phi) is 6.79. The Morgan fingerprint density at radius 1 is 1.21 bits per heavy atom. The SMILES string of the molecule is COc1ccccc1CCC(=O)N[C@H](CC(C)C)c1cccnc1. The van der Waals surface area contributed by atoms with Crippen LogP contribution in [-0.2, 0) is 11.2 Å². The molecule has 1 aromatic carbocycles. The molecule has 0 radical (unpaired) electrons. The summed E-state index contributed by atoms with van der Waals surface area (Å²) in [5.41, 5.74) is 2.11. The number of para-hydroxylation sites is 1. The average molecular weight is 326 g/mol. The molecule has 1 atom stereocenters. The molecule has 24 heavy (non-hydrogen) atoms. The summed E-state index contributed by atoms with van der Waals surface area (Å²) in [7, 11) is 1.65. The van der Waals surface area contributed by atoms with Crippen LogP contribution >= 0.6 is 0 Å². The maximum absolute atomic E-state index is 12.4. The molecule has 0 saturated heterocycles. The second kappa shape index (κ2) is 9.06. The van der Waals surface area contributed by atoms with Gasteiger partial charge in [-0.15, -0.1) is 0 Å². The van der Waals surface area contributed by atoms with Gasteiger partial charge in [0.1, 0.15) is 5.75 Å². The van der Waals surface area contributed by atoms with Gasteiger partial charge in [-0.3, -0.25) is 9.78 Å². The van der Waals surface area contributed by atoms with E-state index in [1.807, 2.05) is 42.6 Å². The van der Waals surface area contributed by atoms with Gasteiger partial charge in [0, 0.05) is 18.8 Å². The first-order chi connectivity index (χ1) is 11.6. The Morgan fingerprint density at radius 3 is 2.67 bits per heavy atom. The molecule has 1 amide bonds. The number of aryl methyl sites for hydroxylation is 1. The van der Waals surface area contributed by atoms with Crippen LogP contribution in [0.4, 0.5) is 0 Å². The number of amides is 1. The van der Waals surface area contributed by atoms with Gasteiger partial charge in [-0.05, 0) is 42.0 Å². The molecule has 0 spiro atoms. The zero-order chi connectivity index (χ0) is 17.4. The number of benzene rings is 1. The first-order valence-corrected chi connectivity index (χ1v) is 8.41. The van der Waals surface area contributed by atoms with Crippen molar-refractivity contribution in [1.29, 1.82) is 0 Å². The zero-order valence-electron chi connectivity index (χ0n) is 14.7. The van der Waals surface area contributed by atoms with Gasteiger partial charge in [-0.2, -0.15) is 0 Å². The molecule has 1 aromatic heterocycles. The van der Waals surface area contributed by atoms with Crippen molar-refractivity contribution in [2.45, 2.75) is 39.2 Å². The Balaban J connectivity index is 1.97. The van der Waals surface area contributed by atoms with Crippen LogP contribution in [0.1, 0.15) is 43.9 Å². The number of aromatic nitrogens is 1. The average Bonchev–Trinajstić information content (AvgIpc) is 2.60. The van der Waals surface area contributed by atoms with E-state index < -0.39 is 0 Å². The summed E-state index contributed by atoms with van der Waals surface area (Å²) >= 11 is 0. The van der Waals surface area contributed by atoms with Gasteiger partial charge < -0.3 is 10.1 Å². The lowest BCUT2D eigenvalue weighted by Gasteiger charge is -2.21. The van der Waals surface area contributed by atoms with E-state index in [4.69, 9.17) is 4.74 Å². The monoisotopic (exact) mass is 326 g/mol. The van der Waals surface area contributed by atoms with E-state index >= 15 is 0 Å². The third kappa shape index (κ3) is 5.37. The van der Waals surface area contributed by atoms with Gasteiger partial charge >= 0.3 is 0 Å². The van der Waals surface area contributed by atoms with Crippen LogP contribution in [0.25, 0.3) is 0 Å². The van der Waals surface area contributed by atoms with Gasteiger partial charge in [-0.25, -0.2) is 0 Å². The summed E-state index contributed by atoms with van der Waals surface area (Å²) in [6.07, 6.45) is 5.57. The van der Waals surface area contributed by atoms with E-state index in [0.29, 0.717) is 18.8 Å². The van der Waals surface area contributed by atoms with E-state index in [9.17, 15) is 4.79 Å². The number of carbonyl (C=O) groups excluding carboxylic acids is 1. The fourth-order valence-electron chi connectivity index (χ4n) is 2.76. The second-order valence-electron chi connectivity index (χ2n) is 6.35. The van der Waals surface area contributed by atoms with Gasteiger partial charge in [0.05, 0.1) is 13.2 Å². The lowest BCUT2D eigenvalue weighted by molar-refractivity contribution is -0.121. The number of hydrogen-bond donors (Lipinski definition) is 1. The van der Waals surface area contributed by atoms with Crippen molar-refractivity contribution in [3.63, 3.8) is 0 Å². The minimum atomic E-state index is 0.00358. The van der Waals surface area contributed by atoms with Gasteiger partial charge in [0.25, 0.3) is 0 Å². The summed E-state index contributed by atoms with van der Waals surface area (Å²) < 4.78 is 5.34. The molecule has 0 aliphatic heterocycles. The number of nitrogens with zero attached hydrogens (tertiary/aromatic N) is 1. The van der Waals surface area contributed by atoms with E-state index in [1.54, 1.807) is 13.3 Å². The molecule has 0 aliphatic carbocycles. The number of carbonyl (C=O) groups is 1. The van der Waals surface area contributed by atoms with Crippen LogP contribution in [0.2, 0.25) is 0 Å². The third-order valence-corrected chi connectivity index (χ3v) is 3.94. The lowest BCUT2D eigenvalue weighted by Crippen LogP contribution is -2.29. The van der Waals surface area contributed by atoms with E-state index in [0.717, 1.165) is 23.3 Å². The van der Waals surface area contributed by atoms with Crippen molar-refractivity contribution in [2.24, 2.45) is 5.92 Å². The normalized spacial score (nSPS) is 12.0. The Labute approximate surface area is 144 Å². The largest absolute Gasteiger partial charge is 0.496 e. The fourth-order valence-corrected chi connectivity index (χ4v) is 2.76. The number of hydrogen-bond acceptors (Lipinski definition) is 3. The van der Waals surface area contributed by atoms with Crippen molar-refractivity contribution >= 4 is 5.91 Å². The number of rotatable bonds is 8. The Morgan fingerprint density at radius 2 is 2.00 bits per heavy atom. The molecule has 2 aromatic rings. The van der Waals surface area contributed by atoms with Crippen molar-refractivity contribution in [1.82, 2.24) is 10.3 Å². The molecule has 0 aliphatic rings. The Bertz CT molecular complexity index is 641. The van der Waals surface area contributed by atoms with Gasteiger partial charge in [0.15, 0.2) is 0 Å². The predicted molar refractivity (Wildman–Crippen MR) is 95.9 cm³/mol. The standard InChI is InChI=1S/C20H26N2O2/c1-15(2)13-18(17-8-6-12-21-14-17)22-20(23)11-10-16-7-4-5-9-19(16)24-3/h4-9,12,14-15,18H,10-11,13H2,1-3H3,(H,22,23)/t18-/m1/s1. The molecule has 128 valence electrons. The highest BCUT2D eigenvalue weighted by Gasteiger charge is 2.16. The Hall–Kier alpha value is -2.36. The fraction of sp³-hybridized carbons (Fsp3) is 0.400. The van der Waals surface area contributed by atoms with Crippen LogP contribution < -0.4 is 10.1 Å². The summed E-state index contributed by atoms with van der Waals surface area (Å²) in [5.74, 6) is 1.37. The first-order valence-electron chi connectivity index (χ1n) is 8.41. The van der Waals surface area contributed by atoms with Crippen molar-refractivity contribution in [3.8, 4) is 5.75 Å². The number of methoxy groups -OCH3 is 1. The molecule has 0 unspecified atom stereocenters. The smallest absolute Gasteiger partial charge is 0.220 e. The van der Waals surface area contributed by atoms with Crippen LogP contribution in [0.3, 0.4) is 0 Å². The molecule has 0 bridgehead atoms. The van der Waals surface area contributed by atoms with Crippen LogP contribution in [0, 0.1) is 5.92 Å². The van der Waals surface area contributed by atoms with Crippen LogP contribution in [0.5, 0.6) is 5.75 Å². The van der Waals surface area contributed by atoms with Crippen LogP contribution in [-0.4, -0.2) is 18.0 Å². The summed E-state index contributed by atoms with van der Waals surface area (Å²) in [4.78, 5) is 16.6. The topological polar surface area (TPSA) is 51.2 Å². The number of ether oxygens (including phenoxy) is 1. The molecular formula is C20H26N2O2. The summed E-state index contributed by atoms with van der Waals surface area (Å²) in [5, 5.41) is 3.15. The number of nitrogens with one attached hydrogen (secondary N) is 1. The van der Waals surface area contributed by atoms with E-state index in [2.05, 4.69) is 24.1 Å². The maximum Gasteiger partial charge on any atom is 0.220 e. The third-order valence-electron chi connectivity index (χ3n) is 3.94. The highest BCUT2D eigenvalue weighted by atomic mass is 16.5. The highest BCUT2D eigenvalue weighted by Crippen LogP contribution is 2.22. The minimum Gasteiger partial charge on any atom is -0.496 e. The van der Waals surface area contributed by atoms with Crippen LogP contribution in [0.15, 0.2) is 48.8 Å². The second-order valence-corrected chi connectivity index (χ2v) is 6.35. The molecule has 4 heteroatoms. The molecule has 1 heterocycles. The summed E-state index contributed by atoms with van der Waals surface area (Å²) in [6, 6.07) is 11.7. The first kappa shape index (κ1) is 18.0. The van der Waals surface area contributed by atoms with Crippen molar-refractivity contribution in [3.05, 3.63) is 59.9 Å². The summed E-state index contributed by atoms with van der Waals surface area (Å²) in [6.45, 7) is 4.31. The maximum atomic E-state index is 12.4. The molecule has 0 fully saturated rings. The molecule has 0 saturated carbocycles. The zero-order valence-corrected chi connectivity index (χ0v) is 14.7. The van der Waals surface area contributed by atoms with E-state index in [1.165, 1.54) is 0 Å². The molecular weight excluding hydrogens is 300 g/mol. The van der Waals surface area contributed by atoms with Crippen molar-refractivity contribution in [2.75, 3.05) is 7.11 Å². The quantitative estimate of drug-likeness (QED) is 0.800. The molecule has 1 N–H and O–H groups in total. The molecule has 2 rings (SSSR count). The van der Waals surface area contributed by atoms with E-state index in [-0.39, 0.29) is 11.9 Å². The highest BCUT2D eigenvalue weighted by molar-refractivity contribution is 5.76. The van der Waals surface area contributed by atoms with Gasteiger partial charge in [0.2, 0.25) is 5.91 Å². The molecule has 4 nitrogen and oxygen atoms in total. The minimum absolute atomic E-state index is 0.00358. The van der Waals surface area contributed by atoms with Crippen molar-refractivity contribution < 1.29 is 9.53 Å². The van der Waals surface area contributed by atoms with Gasteiger partial charge in [-0.1, -0.05) is 38.1 Å². The number of pyridine rings is 1. The predicted octanol–water partition coefficient (Wildman–Crippen LogP) is 3.93. The lowest BCUT2D eigenvalue weighted by atomic mass is 9.98.